The van der Waals surface area contributed by atoms with Crippen molar-refractivity contribution in [2.45, 2.75) is 32.1 Å². The molecule has 2 aliphatic heterocycles. The van der Waals surface area contributed by atoms with E-state index in [1.165, 1.54) is 25.7 Å². The van der Waals surface area contributed by atoms with E-state index in [0.717, 1.165) is 45.7 Å². The first-order valence-corrected chi connectivity index (χ1v) is 10.7. The molecule has 2 saturated heterocycles. The monoisotopic (exact) mass is 376 g/mol. The van der Waals surface area contributed by atoms with Gasteiger partial charge in [-0.1, -0.05) is 12.2 Å². The van der Waals surface area contributed by atoms with Gasteiger partial charge in [-0.25, -0.2) is 0 Å². The molecule has 0 aromatic heterocycles. The minimum Gasteiger partial charge on any atom is -0.464 e. The zero-order chi connectivity index (χ0) is 18.6. The van der Waals surface area contributed by atoms with Gasteiger partial charge >= 0.3 is 11.9 Å². The minimum atomic E-state index is -0.363. The van der Waals surface area contributed by atoms with Gasteiger partial charge in [0.25, 0.3) is 0 Å². The molecule has 6 nitrogen and oxygen atoms in total. The van der Waals surface area contributed by atoms with Crippen LogP contribution in [0.2, 0.25) is 0 Å². The Morgan fingerprint density at radius 1 is 0.741 bits per heavy atom. The lowest BCUT2D eigenvalue weighted by Gasteiger charge is -2.26. The summed E-state index contributed by atoms with van der Waals surface area (Å²) in [6, 6.07) is 0. The largest absolute Gasteiger partial charge is 0.464 e. The summed E-state index contributed by atoms with van der Waals surface area (Å²) < 4.78 is 11.2. The summed E-state index contributed by atoms with van der Waals surface area (Å²) in [7, 11) is 0. The summed E-state index contributed by atoms with van der Waals surface area (Å²) in [5.74, 6) is -0.897. The van der Waals surface area contributed by atoms with E-state index < -0.39 is 0 Å². The second-order valence-corrected chi connectivity index (χ2v) is 8.43. The smallest absolute Gasteiger partial charge is 0.310 e. The van der Waals surface area contributed by atoms with Crippen molar-refractivity contribution in [3.63, 3.8) is 0 Å². The Labute approximate surface area is 161 Å². The molecular weight excluding hydrogens is 344 g/mol. The number of likely N-dealkylation sites (tertiary alicyclic amines) is 2. The molecule has 1 saturated carbocycles. The van der Waals surface area contributed by atoms with Gasteiger partial charge in [0.15, 0.2) is 0 Å². The summed E-state index contributed by atoms with van der Waals surface area (Å²) in [4.78, 5) is 30.1. The van der Waals surface area contributed by atoms with E-state index in [4.69, 9.17) is 9.47 Å². The molecule has 0 spiro atoms. The maximum Gasteiger partial charge on any atom is 0.310 e. The van der Waals surface area contributed by atoms with Crippen LogP contribution in [0, 0.1) is 23.7 Å². The topological polar surface area (TPSA) is 59.1 Å². The first-order chi connectivity index (χ1) is 13.2. The molecule has 0 radical (unpaired) electrons. The van der Waals surface area contributed by atoms with Crippen LogP contribution in [0.5, 0.6) is 0 Å². The van der Waals surface area contributed by atoms with Crippen LogP contribution in [0.25, 0.3) is 0 Å². The Kier molecular flexibility index (Phi) is 6.13. The number of hydrogen-bond acceptors (Lipinski definition) is 6. The fraction of sp³-hybridized carbons (Fsp3) is 0.810. The third-order valence-corrected chi connectivity index (χ3v) is 6.70. The Balaban J connectivity index is 1.26. The number of carbonyl (C=O) groups excluding carboxylic acids is 2. The molecule has 0 amide bonds. The molecule has 6 heteroatoms. The zero-order valence-corrected chi connectivity index (χ0v) is 16.2. The van der Waals surface area contributed by atoms with Crippen LogP contribution in [0.15, 0.2) is 12.2 Å². The van der Waals surface area contributed by atoms with Crippen LogP contribution in [0.3, 0.4) is 0 Å². The first-order valence-electron chi connectivity index (χ1n) is 10.7. The molecule has 3 fully saturated rings. The minimum absolute atomic E-state index is 0.130. The van der Waals surface area contributed by atoms with Crippen molar-refractivity contribution < 1.29 is 19.1 Å². The highest BCUT2D eigenvalue weighted by Crippen LogP contribution is 2.49. The lowest BCUT2D eigenvalue weighted by Crippen LogP contribution is -2.37. The average Bonchev–Trinajstić information content (AvgIpc) is 3.44. The van der Waals surface area contributed by atoms with Gasteiger partial charge in [0.05, 0.1) is 11.8 Å². The Bertz CT molecular complexity index is 519. The van der Waals surface area contributed by atoms with Gasteiger partial charge in [-0.2, -0.15) is 0 Å². The maximum atomic E-state index is 12.7. The number of esters is 2. The van der Waals surface area contributed by atoms with E-state index in [-0.39, 0.29) is 35.6 Å². The predicted molar refractivity (Wildman–Crippen MR) is 101 cm³/mol. The molecular formula is C21H32N2O4. The number of rotatable bonds is 8. The van der Waals surface area contributed by atoms with Crippen LogP contribution >= 0.6 is 0 Å². The molecule has 4 aliphatic rings. The van der Waals surface area contributed by atoms with Crippen LogP contribution in [-0.2, 0) is 19.1 Å². The molecule has 4 rings (SSSR count). The summed E-state index contributed by atoms with van der Waals surface area (Å²) in [6.07, 6.45) is 9.98. The Hall–Kier alpha value is -1.40. The third-order valence-electron chi connectivity index (χ3n) is 6.70. The molecule has 0 N–H and O–H groups in total. The predicted octanol–water partition coefficient (Wildman–Crippen LogP) is 1.70. The van der Waals surface area contributed by atoms with Crippen LogP contribution < -0.4 is 0 Å². The number of fused-ring (bicyclic) bond motifs is 2. The van der Waals surface area contributed by atoms with E-state index in [2.05, 4.69) is 22.0 Å². The standard InChI is InChI=1S/C21H32N2O4/c24-20(26-13-11-22-7-1-2-8-22)18-16-5-6-17(15-16)19(18)21(25)27-14-12-23-9-3-4-10-23/h5-6,16-19H,1-4,7-15H2. The molecule has 2 heterocycles. The highest BCUT2D eigenvalue weighted by atomic mass is 16.5. The van der Waals surface area contributed by atoms with Gasteiger partial charge in [-0.15, -0.1) is 0 Å². The molecule has 4 unspecified atom stereocenters. The fourth-order valence-electron chi connectivity index (χ4n) is 5.22. The van der Waals surface area contributed by atoms with Gasteiger partial charge < -0.3 is 9.47 Å². The molecule has 0 aromatic carbocycles. The molecule has 2 aliphatic carbocycles. The van der Waals surface area contributed by atoms with Gasteiger partial charge in [0.1, 0.15) is 13.2 Å². The zero-order valence-electron chi connectivity index (χ0n) is 16.2. The normalized spacial score (nSPS) is 33.0. The highest BCUT2D eigenvalue weighted by Gasteiger charge is 2.53. The van der Waals surface area contributed by atoms with Crippen molar-refractivity contribution in [1.29, 1.82) is 0 Å². The van der Waals surface area contributed by atoms with Gasteiger partial charge in [0.2, 0.25) is 0 Å². The number of carbonyl (C=O) groups is 2. The highest BCUT2D eigenvalue weighted by molar-refractivity contribution is 5.84. The van der Waals surface area contributed by atoms with E-state index in [0.29, 0.717) is 13.2 Å². The van der Waals surface area contributed by atoms with E-state index in [1.54, 1.807) is 0 Å². The lowest BCUT2D eigenvalue weighted by atomic mass is 9.83. The SMILES string of the molecule is O=C(OCCN1CCCC1)C1C2C=CC(C2)C1C(=O)OCCN1CCCC1. The average molecular weight is 376 g/mol. The van der Waals surface area contributed by atoms with Gasteiger partial charge in [-0.05, 0) is 70.1 Å². The number of allylic oxidation sites excluding steroid dienone is 2. The van der Waals surface area contributed by atoms with E-state index in [1.807, 2.05) is 0 Å². The van der Waals surface area contributed by atoms with Gasteiger partial charge in [0, 0.05) is 13.1 Å². The maximum absolute atomic E-state index is 12.7. The number of hydrogen-bond donors (Lipinski definition) is 0. The van der Waals surface area contributed by atoms with Crippen LogP contribution in [-0.4, -0.2) is 74.2 Å². The molecule has 0 aromatic rings. The Morgan fingerprint density at radius 2 is 1.15 bits per heavy atom. The van der Waals surface area contributed by atoms with Gasteiger partial charge in [-0.3, -0.25) is 19.4 Å². The lowest BCUT2D eigenvalue weighted by molar-refractivity contribution is -0.161. The van der Waals surface area contributed by atoms with Crippen molar-refractivity contribution in [3.8, 4) is 0 Å². The molecule has 4 atom stereocenters. The molecule has 27 heavy (non-hydrogen) atoms. The summed E-state index contributed by atoms with van der Waals surface area (Å²) in [5.41, 5.74) is 0. The quantitative estimate of drug-likeness (QED) is 0.475. The van der Waals surface area contributed by atoms with E-state index in [9.17, 15) is 9.59 Å². The van der Waals surface area contributed by atoms with Crippen molar-refractivity contribution in [3.05, 3.63) is 12.2 Å². The second-order valence-electron chi connectivity index (χ2n) is 8.43. The molecule has 150 valence electrons. The second kappa shape index (κ2) is 8.74. The van der Waals surface area contributed by atoms with E-state index >= 15 is 0 Å². The summed E-state index contributed by atoms with van der Waals surface area (Å²) in [5, 5.41) is 0. The third kappa shape index (κ3) is 4.37. The number of ether oxygens (including phenoxy) is 2. The van der Waals surface area contributed by atoms with Crippen molar-refractivity contribution >= 4 is 11.9 Å². The van der Waals surface area contributed by atoms with Crippen LogP contribution in [0.1, 0.15) is 32.1 Å². The Morgan fingerprint density at radius 3 is 1.56 bits per heavy atom. The molecule has 2 bridgehead atoms. The van der Waals surface area contributed by atoms with Crippen molar-refractivity contribution in [1.82, 2.24) is 9.80 Å². The summed E-state index contributed by atoms with van der Waals surface area (Å²) in [6.45, 7) is 6.84. The number of nitrogens with zero attached hydrogens (tertiary/aromatic N) is 2. The van der Waals surface area contributed by atoms with Crippen LogP contribution in [0.4, 0.5) is 0 Å². The van der Waals surface area contributed by atoms with Crippen molar-refractivity contribution in [2.75, 3.05) is 52.5 Å². The first kappa shape index (κ1) is 18.9. The fourth-order valence-corrected chi connectivity index (χ4v) is 5.22. The van der Waals surface area contributed by atoms with Crippen molar-refractivity contribution in [2.24, 2.45) is 23.7 Å². The summed E-state index contributed by atoms with van der Waals surface area (Å²) >= 11 is 0.